The van der Waals surface area contributed by atoms with E-state index in [-0.39, 0.29) is 19.4 Å². The molecular weight excluding hydrogens is 463 g/mol. The fraction of sp³-hybridized carbons (Fsp3) is 0.160. The standard InChI is InChI=1S/C25H22Cl2N2O4/c26-20-11-6-16(14-21(20)27)15-28-25(33)22(12-13-23(30)31)29-24(32)19-9-7-18(8-10-19)17-4-2-1-3-5-17/h1-11,14,22H,12-13,15H2,(H,28,33)(H,29,32)(H,30,31)/t22-/m0/s1. The van der Waals surface area contributed by atoms with Crippen LogP contribution >= 0.6 is 23.2 Å². The van der Waals surface area contributed by atoms with E-state index < -0.39 is 23.8 Å². The SMILES string of the molecule is O=C(O)CC[C@H](NC(=O)c1ccc(-c2ccccc2)cc1)C(=O)NCc1ccc(Cl)c(Cl)c1. The molecule has 33 heavy (non-hydrogen) atoms. The van der Waals surface area contributed by atoms with Crippen molar-refractivity contribution in [1.29, 1.82) is 0 Å². The van der Waals surface area contributed by atoms with Gasteiger partial charge in [0.15, 0.2) is 0 Å². The van der Waals surface area contributed by atoms with Crippen molar-refractivity contribution < 1.29 is 19.5 Å². The van der Waals surface area contributed by atoms with E-state index in [4.69, 9.17) is 28.3 Å². The number of rotatable bonds is 9. The minimum atomic E-state index is -1.06. The zero-order chi connectivity index (χ0) is 23.8. The summed E-state index contributed by atoms with van der Waals surface area (Å²) in [5, 5.41) is 15.1. The molecule has 3 aromatic carbocycles. The summed E-state index contributed by atoms with van der Waals surface area (Å²) >= 11 is 11.9. The van der Waals surface area contributed by atoms with E-state index in [1.807, 2.05) is 42.5 Å². The van der Waals surface area contributed by atoms with Crippen LogP contribution in [0.25, 0.3) is 11.1 Å². The number of carbonyl (C=O) groups excluding carboxylic acids is 2. The van der Waals surface area contributed by atoms with E-state index in [9.17, 15) is 14.4 Å². The molecule has 3 rings (SSSR count). The van der Waals surface area contributed by atoms with Gasteiger partial charge in [0, 0.05) is 18.5 Å². The molecule has 0 fully saturated rings. The van der Waals surface area contributed by atoms with Gasteiger partial charge in [-0.25, -0.2) is 0 Å². The first kappa shape index (κ1) is 24.3. The largest absolute Gasteiger partial charge is 0.481 e. The number of hydrogen-bond donors (Lipinski definition) is 3. The summed E-state index contributed by atoms with van der Waals surface area (Å²) in [5.74, 6) is -2.01. The van der Waals surface area contributed by atoms with Crippen molar-refractivity contribution in [2.75, 3.05) is 0 Å². The first-order chi connectivity index (χ1) is 15.8. The van der Waals surface area contributed by atoms with Gasteiger partial charge < -0.3 is 15.7 Å². The molecule has 0 aliphatic rings. The number of carboxylic acids is 1. The number of carbonyl (C=O) groups is 3. The normalized spacial score (nSPS) is 11.5. The average molecular weight is 485 g/mol. The van der Waals surface area contributed by atoms with Crippen LogP contribution in [0.2, 0.25) is 10.0 Å². The van der Waals surface area contributed by atoms with Crippen molar-refractivity contribution in [3.63, 3.8) is 0 Å². The predicted molar refractivity (Wildman–Crippen MR) is 128 cm³/mol. The molecule has 0 aliphatic carbocycles. The second kappa shape index (κ2) is 11.5. The first-order valence-electron chi connectivity index (χ1n) is 10.2. The summed E-state index contributed by atoms with van der Waals surface area (Å²) in [4.78, 5) is 36.5. The quantitative estimate of drug-likeness (QED) is 0.400. The van der Waals surface area contributed by atoms with Crippen LogP contribution in [0.15, 0.2) is 72.8 Å². The summed E-state index contributed by atoms with van der Waals surface area (Å²) in [6.07, 6.45) is -0.311. The minimum absolute atomic E-state index is 0.0453. The van der Waals surface area contributed by atoms with E-state index in [0.29, 0.717) is 15.6 Å². The van der Waals surface area contributed by atoms with Crippen molar-refractivity contribution in [2.24, 2.45) is 0 Å². The number of amides is 2. The molecule has 8 heteroatoms. The van der Waals surface area contributed by atoms with Gasteiger partial charge in [0.2, 0.25) is 5.91 Å². The monoisotopic (exact) mass is 484 g/mol. The Morgan fingerprint density at radius 3 is 2.15 bits per heavy atom. The van der Waals surface area contributed by atoms with Gasteiger partial charge >= 0.3 is 5.97 Å². The highest BCUT2D eigenvalue weighted by molar-refractivity contribution is 6.42. The molecule has 6 nitrogen and oxygen atoms in total. The lowest BCUT2D eigenvalue weighted by molar-refractivity contribution is -0.137. The van der Waals surface area contributed by atoms with Gasteiger partial charge in [-0.05, 0) is 47.4 Å². The summed E-state index contributed by atoms with van der Waals surface area (Å²) in [6.45, 7) is 0.154. The summed E-state index contributed by atoms with van der Waals surface area (Å²) < 4.78 is 0. The van der Waals surface area contributed by atoms with Crippen LogP contribution in [-0.2, 0) is 16.1 Å². The molecule has 0 radical (unpaired) electrons. The topological polar surface area (TPSA) is 95.5 Å². The Morgan fingerprint density at radius 2 is 1.52 bits per heavy atom. The maximum atomic E-state index is 12.7. The molecule has 2 amide bonds. The van der Waals surface area contributed by atoms with E-state index in [1.165, 1.54) is 0 Å². The molecule has 0 saturated carbocycles. The Balaban J connectivity index is 1.66. The number of benzene rings is 3. The van der Waals surface area contributed by atoms with Crippen molar-refractivity contribution in [1.82, 2.24) is 10.6 Å². The summed E-state index contributed by atoms with van der Waals surface area (Å²) in [5.41, 5.74) is 3.06. The van der Waals surface area contributed by atoms with Crippen molar-refractivity contribution in [3.05, 3.63) is 94.0 Å². The molecule has 0 spiro atoms. The third-order valence-corrected chi connectivity index (χ3v) is 5.71. The highest BCUT2D eigenvalue weighted by Crippen LogP contribution is 2.22. The van der Waals surface area contributed by atoms with Crippen LogP contribution in [-0.4, -0.2) is 28.9 Å². The van der Waals surface area contributed by atoms with Gasteiger partial charge in [-0.15, -0.1) is 0 Å². The zero-order valence-electron chi connectivity index (χ0n) is 17.6. The van der Waals surface area contributed by atoms with E-state index in [2.05, 4.69) is 10.6 Å². The van der Waals surface area contributed by atoms with E-state index in [0.717, 1.165) is 16.7 Å². The summed E-state index contributed by atoms with van der Waals surface area (Å²) in [6, 6.07) is 20.6. The lowest BCUT2D eigenvalue weighted by atomic mass is 10.0. The fourth-order valence-electron chi connectivity index (χ4n) is 3.18. The Morgan fingerprint density at radius 1 is 0.848 bits per heavy atom. The lowest BCUT2D eigenvalue weighted by Crippen LogP contribution is -2.46. The van der Waals surface area contributed by atoms with Gasteiger partial charge in [0.1, 0.15) is 6.04 Å². The molecule has 0 aromatic heterocycles. The Hall–Kier alpha value is -3.35. The third kappa shape index (κ3) is 7.07. The highest BCUT2D eigenvalue weighted by atomic mass is 35.5. The number of carboxylic acid groups (broad SMARTS) is 1. The van der Waals surface area contributed by atoms with Crippen molar-refractivity contribution in [3.8, 4) is 11.1 Å². The second-order valence-electron chi connectivity index (χ2n) is 7.37. The maximum Gasteiger partial charge on any atom is 0.303 e. The molecule has 0 saturated heterocycles. The lowest BCUT2D eigenvalue weighted by Gasteiger charge is -2.18. The molecule has 0 unspecified atom stereocenters. The summed E-state index contributed by atoms with van der Waals surface area (Å²) in [7, 11) is 0. The van der Waals surface area contributed by atoms with Crippen LogP contribution in [0, 0.1) is 0 Å². The van der Waals surface area contributed by atoms with Gasteiger partial charge in [0.25, 0.3) is 5.91 Å². The van der Waals surface area contributed by atoms with Crippen LogP contribution in [0.1, 0.15) is 28.8 Å². The maximum absolute atomic E-state index is 12.7. The van der Waals surface area contributed by atoms with Crippen molar-refractivity contribution in [2.45, 2.75) is 25.4 Å². The molecule has 0 heterocycles. The van der Waals surface area contributed by atoms with Crippen LogP contribution < -0.4 is 10.6 Å². The second-order valence-corrected chi connectivity index (χ2v) is 8.18. The Labute approximate surface area is 201 Å². The molecule has 0 aliphatic heterocycles. The smallest absolute Gasteiger partial charge is 0.303 e. The number of hydrogen-bond acceptors (Lipinski definition) is 3. The molecule has 1 atom stereocenters. The van der Waals surface area contributed by atoms with E-state index >= 15 is 0 Å². The number of nitrogens with one attached hydrogen (secondary N) is 2. The molecule has 3 N–H and O–H groups in total. The molecular formula is C25H22Cl2N2O4. The highest BCUT2D eigenvalue weighted by Gasteiger charge is 2.22. The Bertz CT molecular complexity index is 1130. The van der Waals surface area contributed by atoms with E-state index in [1.54, 1.807) is 30.3 Å². The average Bonchev–Trinajstić information content (AvgIpc) is 2.82. The zero-order valence-corrected chi connectivity index (χ0v) is 19.1. The molecule has 170 valence electrons. The molecule has 0 bridgehead atoms. The van der Waals surface area contributed by atoms with Gasteiger partial charge in [-0.2, -0.15) is 0 Å². The number of halogens is 2. The number of aliphatic carboxylic acids is 1. The molecule has 3 aromatic rings. The van der Waals surface area contributed by atoms with Crippen LogP contribution in [0.3, 0.4) is 0 Å². The first-order valence-corrected chi connectivity index (χ1v) is 11.0. The van der Waals surface area contributed by atoms with Crippen LogP contribution in [0.5, 0.6) is 0 Å². The van der Waals surface area contributed by atoms with Gasteiger partial charge in [0.05, 0.1) is 10.0 Å². The van der Waals surface area contributed by atoms with Crippen LogP contribution in [0.4, 0.5) is 0 Å². The van der Waals surface area contributed by atoms with Gasteiger partial charge in [-0.3, -0.25) is 14.4 Å². The predicted octanol–water partition coefficient (Wildman–Crippen LogP) is 4.94. The third-order valence-electron chi connectivity index (χ3n) is 4.97. The Kier molecular flexibility index (Phi) is 8.46. The van der Waals surface area contributed by atoms with Crippen molar-refractivity contribution >= 4 is 41.0 Å². The van der Waals surface area contributed by atoms with Gasteiger partial charge in [-0.1, -0.05) is 71.7 Å². The minimum Gasteiger partial charge on any atom is -0.481 e. The fourth-order valence-corrected chi connectivity index (χ4v) is 3.51.